The maximum absolute atomic E-state index is 12.0. The number of carbonyl (C=O) groups is 2. The second-order valence-corrected chi connectivity index (χ2v) is 3.67. The van der Waals surface area contributed by atoms with Gasteiger partial charge in [0.25, 0.3) is 6.43 Å². The lowest BCUT2D eigenvalue weighted by atomic mass is 10.3. The van der Waals surface area contributed by atoms with Crippen LogP contribution in [0.15, 0.2) is 0 Å². The van der Waals surface area contributed by atoms with Gasteiger partial charge in [-0.1, -0.05) is 0 Å². The lowest BCUT2D eigenvalue weighted by Crippen LogP contribution is -2.48. The van der Waals surface area contributed by atoms with E-state index in [1.807, 2.05) is 0 Å². The average Bonchev–Trinajstić information content (AvgIpc) is 2.11. The first kappa shape index (κ1) is 14.6. The fraction of sp³-hybridized carbons (Fsp3) is 0.778. The van der Waals surface area contributed by atoms with Crippen LogP contribution in [0.1, 0.15) is 13.8 Å². The highest BCUT2D eigenvalue weighted by Gasteiger charge is 2.24. The van der Waals surface area contributed by atoms with Crippen LogP contribution in [0.3, 0.4) is 0 Å². The van der Waals surface area contributed by atoms with E-state index in [1.54, 1.807) is 13.8 Å². The van der Waals surface area contributed by atoms with Gasteiger partial charge in [-0.05, 0) is 13.8 Å². The normalized spacial score (nSPS) is 10.7. The van der Waals surface area contributed by atoms with Gasteiger partial charge in [0.15, 0.2) is 0 Å². The number of amides is 2. The minimum Gasteiger partial charge on any atom is -0.480 e. The molecule has 0 fully saturated rings. The third kappa shape index (κ3) is 4.90. The number of hydrogen-bond acceptors (Lipinski definition) is 2. The summed E-state index contributed by atoms with van der Waals surface area (Å²) in [6.45, 7) is 2.04. The molecule has 7 heteroatoms. The van der Waals surface area contributed by atoms with Crippen molar-refractivity contribution in [2.24, 2.45) is 0 Å². The van der Waals surface area contributed by atoms with E-state index < -0.39 is 31.5 Å². The molecular weight excluding hydrogens is 222 g/mol. The van der Waals surface area contributed by atoms with Crippen molar-refractivity contribution < 1.29 is 23.5 Å². The Morgan fingerprint density at radius 2 is 1.81 bits per heavy atom. The first-order chi connectivity index (χ1) is 7.25. The molecule has 94 valence electrons. The highest BCUT2D eigenvalue weighted by Crippen LogP contribution is 2.05. The number of urea groups is 1. The summed E-state index contributed by atoms with van der Waals surface area (Å²) in [6, 6.07) is -1.07. The molecule has 0 aromatic carbocycles. The molecule has 2 amide bonds. The summed E-state index contributed by atoms with van der Waals surface area (Å²) in [4.78, 5) is 23.9. The van der Waals surface area contributed by atoms with Crippen molar-refractivity contribution in [1.29, 1.82) is 0 Å². The topological polar surface area (TPSA) is 60.9 Å². The van der Waals surface area contributed by atoms with Crippen molar-refractivity contribution in [1.82, 2.24) is 9.80 Å². The van der Waals surface area contributed by atoms with Crippen LogP contribution in [0, 0.1) is 0 Å². The van der Waals surface area contributed by atoms with E-state index in [2.05, 4.69) is 0 Å². The molecule has 16 heavy (non-hydrogen) atoms. The Hall–Kier alpha value is -1.40. The van der Waals surface area contributed by atoms with E-state index >= 15 is 0 Å². The highest BCUT2D eigenvalue weighted by molar-refractivity contribution is 5.80. The number of alkyl halides is 2. The number of carboxylic acid groups (broad SMARTS) is 1. The number of carbonyl (C=O) groups excluding carboxylic acids is 1. The maximum Gasteiger partial charge on any atom is 0.323 e. The summed E-state index contributed by atoms with van der Waals surface area (Å²) in [6.07, 6.45) is -2.63. The van der Waals surface area contributed by atoms with Gasteiger partial charge in [-0.25, -0.2) is 13.6 Å². The van der Waals surface area contributed by atoms with Crippen molar-refractivity contribution >= 4 is 12.0 Å². The Balaban J connectivity index is 4.54. The molecule has 0 unspecified atom stereocenters. The van der Waals surface area contributed by atoms with E-state index in [0.29, 0.717) is 0 Å². The van der Waals surface area contributed by atoms with Crippen LogP contribution in [-0.4, -0.2) is 59.5 Å². The summed E-state index contributed by atoms with van der Waals surface area (Å²) >= 11 is 0. The first-order valence-electron chi connectivity index (χ1n) is 4.77. The summed E-state index contributed by atoms with van der Waals surface area (Å²) < 4.78 is 24.1. The maximum atomic E-state index is 12.0. The Kier molecular flexibility index (Phi) is 5.69. The van der Waals surface area contributed by atoms with Gasteiger partial charge in [0.05, 0.1) is 6.54 Å². The number of rotatable bonds is 5. The standard InChI is InChI=1S/C9H16F2N2O3/c1-6(2)13(5-8(14)15)9(16)12(3)4-7(10)11/h6-7H,4-5H2,1-3H3,(H,14,15). The molecule has 0 aliphatic heterocycles. The van der Waals surface area contributed by atoms with Crippen LogP contribution in [0.2, 0.25) is 0 Å². The summed E-state index contributed by atoms with van der Waals surface area (Å²) in [5, 5.41) is 8.58. The van der Waals surface area contributed by atoms with Crippen molar-refractivity contribution in [3.8, 4) is 0 Å². The second-order valence-electron chi connectivity index (χ2n) is 3.67. The van der Waals surface area contributed by atoms with Gasteiger partial charge in [-0.15, -0.1) is 0 Å². The van der Waals surface area contributed by atoms with Crippen LogP contribution in [0.4, 0.5) is 13.6 Å². The van der Waals surface area contributed by atoms with Gasteiger partial charge in [0.2, 0.25) is 0 Å². The van der Waals surface area contributed by atoms with Crippen LogP contribution < -0.4 is 0 Å². The predicted molar refractivity (Wildman–Crippen MR) is 53.5 cm³/mol. The van der Waals surface area contributed by atoms with E-state index in [-0.39, 0.29) is 6.04 Å². The van der Waals surface area contributed by atoms with Crippen LogP contribution in [0.25, 0.3) is 0 Å². The second kappa shape index (κ2) is 6.24. The van der Waals surface area contributed by atoms with E-state index in [1.165, 1.54) is 7.05 Å². The third-order valence-electron chi connectivity index (χ3n) is 1.91. The number of nitrogens with zero attached hydrogens (tertiary/aromatic N) is 2. The Morgan fingerprint density at radius 1 is 1.31 bits per heavy atom. The van der Waals surface area contributed by atoms with Crippen LogP contribution in [0.5, 0.6) is 0 Å². The van der Waals surface area contributed by atoms with Crippen molar-refractivity contribution in [3.05, 3.63) is 0 Å². The Bertz CT molecular complexity index is 259. The summed E-state index contributed by atoms with van der Waals surface area (Å²) in [5.41, 5.74) is 0. The molecule has 0 aliphatic carbocycles. The molecule has 0 spiro atoms. The SMILES string of the molecule is CC(C)N(CC(=O)O)C(=O)N(C)CC(F)F. The van der Waals surface area contributed by atoms with Gasteiger partial charge in [0, 0.05) is 13.1 Å². The minimum atomic E-state index is -2.63. The molecule has 0 heterocycles. The number of carboxylic acids is 1. The zero-order chi connectivity index (χ0) is 12.9. The number of halogens is 2. The fourth-order valence-electron chi connectivity index (χ4n) is 1.12. The molecule has 0 bridgehead atoms. The van der Waals surface area contributed by atoms with Crippen molar-refractivity contribution in [2.75, 3.05) is 20.1 Å². The fourth-order valence-corrected chi connectivity index (χ4v) is 1.12. The Labute approximate surface area is 92.6 Å². The molecule has 0 aromatic rings. The van der Waals surface area contributed by atoms with E-state index in [4.69, 9.17) is 5.11 Å². The average molecular weight is 238 g/mol. The van der Waals surface area contributed by atoms with Gasteiger partial charge >= 0.3 is 12.0 Å². The van der Waals surface area contributed by atoms with E-state index in [0.717, 1.165) is 9.80 Å². The molecule has 0 saturated carbocycles. The zero-order valence-corrected chi connectivity index (χ0v) is 9.48. The molecule has 0 aliphatic rings. The van der Waals surface area contributed by atoms with Gasteiger partial charge < -0.3 is 14.9 Å². The quantitative estimate of drug-likeness (QED) is 0.780. The van der Waals surface area contributed by atoms with Gasteiger partial charge in [-0.3, -0.25) is 4.79 Å². The molecule has 0 atom stereocenters. The Morgan fingerprint density at radius 3 is 2.12 bits per heavy atom. The lowest BCUT2D eigenvalue weighted by molar-refractivity contribution is -0.138. The molecule has 1 N–H and O–H groups in total. The molecule has 0 radical (unpaired) electrons. The lowest BCUT2D eigenvalue weighted by Gasteiger charge is -2.29. The van der Waals surface area contributed by atoms with Crippen LogP contribution in [-0.2, 0) is 4.79 Å². The zero-order valence-electron chi connectivity index (χ0n) is 9.48. The summed E-state index contributed by atoms with van der Waals surface area (Å²) in [5.74, 6) is -1.17. The number of aliphatic carboxylic acids is 1. The largest absolute Gasteiger partial charge is 0.480 e. The first-order valence-corrected chi connectivity index (χ1v) is 4.77. The monoisotopic (exact) mass is 238 g/mol. The summed E-state index contributed by atoms with van der Waals surface area (Å²) in [7, 11) is 1.21. The van der Waals surface area contributed by atoms with Crippen molar-refractivity contribution in [2.45, 2.75) is 26.3 Å². The number of hydrogen-bond donors (Lipinski definition) is 1. The smallest absolute Gasteiger partial charge is 0.323 e. The predicted octanol–water partition coefficient (Wildman–Crippen LogP) is 1.10. The highest BCUT2D eigenvalue weighted by atomic mass is 19.3. The van der Waals surface area contributed by atoms with E-state index in [9.17, 15) is 18.4 Å². The molecule has 5 nitrogen and oxygen atoms in total. The molecule has 0 aromatic heterocycles. The minimum absolute atomic E-state index is 0.358. The molecule has 0 rings (SSSR count). The van der Waals surface area contributed by atoms with Gasteiger partial charge in [-0.2, -0.15) is 0 Å². The molecule has 0 saturated heterocycles. The van der Waals surface area contributed by atoms with Crippen molar-refractivity contribution in [3.63, 3.8) is 0 Å². The van der Waals surface area contributed by atoms with Crippen LogP contribution >= 0.6 is 0 Å². The molecular formula is C9H16F2N2O3. The third-order valence-corrected chi connectivity index (χ3v) is 1.91. The van der Waals surface area contributed by atoms with Gasteiger partial charge in [0.1, 0.15) is 6.54 Å².